The molecule has 1 aromatic heterocycles. The van der Waals surface area contributed by atoms with Gasteiger partial charge in [0.25, 0.3) is 0 Å². The summed E-state index contributed by atoms with van der Waals surface area (Å²) in [6.45, 7) is 4.51. The fourth-order valence-electron chi connectivity index (χ4n) is 4.17. The highest BCUT2D eigenvalue weighted by Gasteiger charge is 2.32. The first-order chi connectivity index (χ1) is 15.3. The van der Waals surface area contributed by atoms with Crippen LogP contribution in [0.15, 0.2) is 59.5 Å². The van der Waals surface area contributed by atoms with Gasteiger partial charge in [-0.2, -0.15) is 9.40 Å². The molecule has 0 saturated heterocycles. The summed E-state index contributed by atoms with van der Waals surface area (Å²) in [5, 5.41) is 4.65. The van der Waals surface area contributed by atoms with Crippen molar-refractivity contribution in [1.82, 2.24) is 14.1 Å². The van der Waals surface area contributed by atoms with Gasteiger partial charge >= 0.3 is 0 Å². The lowest BCUT2D eigenvalue weighted by atomic mass is 10.1. The van der Waals surface area contributed by atoms with E-state index in [1.165, 1.54) is 11.2 Å². The van der Waals surface area contributed by atoms with Gasteiger partial charge < -0.3 is 4.90 Å². The highest BCUT2D eigenvalue weighted by molar-refractivity contribution is 7.89. The van der Waals surface area contributed by atoms with Crippen molar-refractivity contribution in [3.05, 3.63) is 77.1 Å². The maximum Gasteiger partial charge on any atom is 0.243 e. The smallest absolute Gasteiger partial charge is 0.243 e. The van der Waals surface area contributed by atoms with Gasteiger partial charge in [0, 0.05) is 50.4 Å². The Hall–Kier alpha value is -2.97. The van der Waals surface area contributed by atoms with Gasteiger partial charge in [0.15, 0.2) is 0 Å². The summed E-state index contributed by atoms with van der Waals surface area (Å²) in [5.41, 5.74) is 4.52. The number of anilines is 1. The highest BCUT2D eigenvalue weighted by atomic mass is 32.2. The Bertz CT molecular complexity index is 1220. The van der Waals surface area contributed by atoms with Crippen LogP contribution in [0.5, 0.6) is 0 Å². The number of para-hydroxylation sites is 1. The number of hydrogen-bond donors (Lipinski definition) is 0. The molecule has 1 aliphatic heterocycles. The van der Waals surface area contributed by atoms with E-state index in [0.29, 0.717) is 24.4 Å². The van der Waals surface area contributed by atoms with Crippen molar-refractivity contribution in [2.45, 2.75) is 44.7 Å². The number of aryl methyl sites for hydroxylation is 2. The molecule has 0 aliphatic carbocycles. The van der Waals surface area contributed by atoms with Gasteiger partial charge in [-0.05, 0) is 36.2 Å². The molecule has 0 bridgehead atoms. The minimum absolute atomic E-state index is 0.0908. The molecule has 7 nitrogen and oxygen atoms in total. The molecule has 4 rings (SSSR count). The standard InChI is InChI=1S/C24H28N4O3S/c1-4-19-10-12-21(13-11-19)32(30,31)27-15-14-24-22(16-27)23(25-26(24)3)17-28(18(2)29)20-8-6-5-7-9-20/h5-13H,4,14-17H2,1-3H3. The lowest BCUT2D eigenvalue weighted by Gasteiger charge is -2.28. The normalized spacial score (nSPS) is 14.2. The predicted octanol–water partition coefficient (Wildman–Crippen LogP) is 3.28. The average molecular weight is 453 g/mol. The van der Waals surface area contributed by atoms with E-state index in [-0.39, 0.29) is 12.5 Å². The van der Waals surface area contributed by atoms with Gasteiger partial charge in [-0.15, -0.1) is 0 Å². The SMILES string of the molecule is CCc1ccc(S(=O)(=O)N2CCc3c(c(CN(C(C)=O)c4ccccc4)nn3C)C2)cc1. The van der Waals surface area contributed by atoms with Crippen molar-refractivity contribution in [2.24, 2.45) is 7.05 Å². The van der Waals surface area contributed by atoms with Crippen molar-refractivity contribution >= 4 is 21.6 Å². The van der Waals surface area contributed by atoms with Crippen molar-refractivity contribution < 1.29 is 13.2 Å². The summed E-state index contributed by atoms with van der Waals surface area (Å²) < 4.78 is 29.9. The minimum Gasteiger partial charge on any atom is -0.307 e. The van der Waals surface area contributed by atoms with Crippen LogP contribution in [-0.2, 0) is 47.8 Å². The molecule has 0 spiro atoms. The fourth-order valence-corrected chi connectivity index (χ4v) is 5.57. The molecule has 8 heteroatoms. The average Bonchev–Trinajstić information content (AvgIpc) is 3.12. The number of hydrogen-bond acceptors (Lipinski definition) is 4. The molecule has 0 N–H and O–H groups in total. The van der Waals surface area contributed by atoms with Crippen molar-refractivity contribution in [3.8, 4) is 0 Å². The van der Waals surface area contributed by atoms with Crippen molar-refractivity contribution in [2.75, 3.05) is 11.4 Å². The van der Waals surface area contributed by atoms with Gasteiger partial charge in [0.1, 0.15) is 0 Å². The Morgan fingerprint density at radius 3 is 2.41 bits per heavy atom. The first-order valence-corrected chi connectivity index (χ1v) is 12.2. The molecule has 0 atom stereocenters. The van der Waals surface area contributed by atoms with E-state index in [1.54, 1.807) is 17.0 Å². The molecule has 32 heavy (non-hydrogen) atoms. The number of sulfonamides is 1. The number of benzene rings is 2. The van der Waals surface area contributed by atoms with Gasteiger partial charge in [-0.25, -0.2) is 8.42 Å². The molecule has 2 aromatic carbocycles. The van der Waals surface area contributed by atoms with Crippen LogP contribution >= 0.6 is 0 Å². The van der Waals surface area contributed by atoms with Crippen LogP contribution < -0.4 is 4.90 Å². The van der Waals surface area contributed by atoms with E-state index in [2.05, 4.69) is 5.10 Å². The number of nitrogens with zero attached hydrogens (tertiary/aromatic N) is 4. The third-order valence-electron chi connectivity index (χ3n) is 6.02. The monoisotopic (exact) mass is 452 g/mol. The first kappa shape index (κ1) is 22.2. The van der Waals surface area contributed by atoms with Crippen LogP contribution in [0, 0.1) is 0 Å². The Balaban J connectivity index is 1.64. The van der Waals surface area contributed by atoms with Crippen molar-refractivity contribution in [1.29, 1.82) is 0 Å². The molecule has 1 amide bonds. The van der Waals surface area contributed by atoms with Gasteiger partial charge in [-0.3, -0.25) is 9.48 Å². The maximum atomic E-state index is 13.3. The number of rotatable bonds is 6. The lowest BCUT2D eigenvalue weighted by molar-refractivity contribution is -0.116. The fraction of sp³-hybridized carbons (Fsp3) is 0.333. The topological polar surface area (TPSA) is 75.5 Å². The third-order valence-corrected chi connectivity index (χ3v) is 7.88. The molecular weight excluding hydrogens is 424 g/mol. The summed E-state index contributed by atoms with van der Waals surface area (Å²) in [7, 11) is -1.75. The number of aromatic nitrogens is 2. The zero-order valence-corrected chi connectivity index (χ0v) is 19.5. The van der Waals surface area contributed by atoms with Crippen LogP contribution in [0.2, 0.25) is 0 Å². The molecule has 0 radical (unpaired) electrons. The quantitative estimate of drug-likeness (QED) is 0.575. The van der Waals surface area contributed by atoms with E-state index in [9.17, 15) is 13.2 Å². The number of amides is 1. The summed E-state index contributed by atoms with van der Waals surface area (Å²) in [6, 6.07) is 16.5. The number of carbonyl (C=O) groups is 1. The zero-order chi connectivity index (χ0) is 22.9. The van der Waals surface area contributed by atoms with E-state index < -0.39 is 10.0 Å². The molecule has 2 heterocycles. The largest absolute Gasteiger partial charge is 0.307 e. The lowest BCUT2D eigenvalue weighted by Crippen LogP contribution is -2.37. The Morgan fingerprint density at radius 1 is 1.09 bits per heavy atom. The summed E-state index contributed by atoms with van der Waals surface area (Å²) in [6.07, 6.45) is 1.44. The van der Waals surface area contributed by atoms with E-state index in [1.807, 2.05) is 61.1 Å². The third kappa shape index (κ3) is 4.20. The van der Waals surface area contributed by atoms with Gasteiger partial charge in [-0.1, -0.05) is 37.3 Å². The van der Waals surface area contributed by atoms with Crippen LogP contribution in [0.3, 0.4) is 0 Å². The van der Waals surface area contributed by atoms with Crippen molar-refractivity contribution in [3.63, 3.8) is 0 Å². The highest BCUT2D eigenvalue weighted by Crippen LogP contribution is 2.29. The molecular formula is C24H28N4O3S. The summed E-state index contributed by atoms with van der Waals surface area (Å²) in [5.74, 6) is -0.0908. The molecule has 0 saturated carbocycles. The Kier molecular flexibility index (Phi) is 6.17. The zero-order valence-electron chi connectivity index (χ0n) is 18.7. The Labute approximate surface area is 189 Å². The van der Waals surface area contributed by atoms with E-state index >= 15 is 0 Å². The molecule has 168 valence electrons. The van der Waals surface area contributed by atoms with Crippen LogP contribution in [0.4, 0.5) is 5.69 Å². The van der Waals surface area contributed by atoms with E-state index in [0.717, 1.165) is 34.6 Å². The predicted molar refractivity (Wildman–Crippen MR) is 124 cm³/mol. The summed E-state index contributed by atoms with van der Waals surface area (Å²) >= 11 is 0. The molecule has 1 aliphatic rings. The molecule has 0 fully saturated rings. The first-order valence-electron chi connectivity index (χ1n) is 10.8. The second-order valence-corrected chi connectivity index (χ2v) is 9.96. The van der Waals surface area contributed by atoms with E-state index in [4.69, 9.17) is 0 Å². The Morgan fingerprint density at radius 2 is 1.78 bits per heavy atom. The van der Waals surface area contributed by atoms with Gasteiger partial charge in [0.05, 0.1) is 17.1 Å². The maximum absolute atomic E-state index is 13.3. The second-order valence-electron chi connectivity index (χ2n) is 8.02. The minimum atomic E-state index is -3.62. The molecule has 0 unspecified atom stereocenters. The summed E-state index contributed by atoms with van der Waals surface area (Å²) in [4.78, 5) is 14.3. The molecule has 3 aromatic rings. The van der Waals surface area contributed by atoms with Gasteiger partial charge in [0.2, 0.25) is 15.9 Å². The van der Waals surface area contributed by atoms with Crippen LogP contribution in [0.1, 0.15) is 36.4 Å². The van der Waals surface area contributed by atoms with Crippen LogP contribution in [-0.4, -0.2) is 35.0 Å². The second kappa shape index (κ2) is 8.88. The van der Waals surface area contributed by atoms with Crippen LogP contribution in [0.25, 0.3) is 0 Å². The number of fused-ring (bicyclic) bond motifs is 1. The number of carbonyl (C=O) groups excluding carboxylic acids is 1.